The molecule has 166 valence electrons. The van der Waals surface area contributed by atoms with Gasteiger partial charge in [-0.25, -0.2) is 4.98 Å². The standard InChI is InChI=1S/C25H26ClN3O3/c1-17(2)23(29-24(30)20-8-10-21(26)11-9-20)25(31)28-15-19-12-13-27-22(14-19)32-16-18-6-4-3-5-7-18/h3-14,17,23H,15-16H2,1-2H3,(H,28,31)(H,29,30). The third-order valence-corrected chi connectivity index (χ3v) is 5.09. The number of rotatable bonds is 9. The molecule has 1 unspecified atom stereocenters. The Morgan fingerprint density at radius 1 is 1.00 bits per heavy atom. The third kappa shape index (κ3) is 6.82. The van der Waals surface area contributed by atoms with Crippen LogP contribution in [0.4, 0.5) is 0 Å². The molecule has 2 amide bonds. The lowest BCUT2D eigenvalue weighted by Crippen LogP contribution is -2.49. The smallest absolute Gasteiger partial charge is 0.251 e. The van der Waals surface area contributed by atoms with Gasteiger partial charge in [-0.05, 0) is 47.4 Å². The first-order valence-electron chi connectivity index (χ1n) is 10.4. The first kappa shape index (κ1) is 23.3. The number of hydrogen-bond donors (Lipinski definition) is 2. The summed E-state index contributed by atoms with van der Waals surface area (Å²) >= 11 is 5.88. The zero-order chi connectivity index (χ0) is 22.9. The van der Waals surface area contributed by atoms with Crippen molar-refractivity contribution in [1.29, 1.82) is 0 Å². The zero-order valence-electron chi connectivity index (χ0n) is 18.0. The van der Waals surface area contributed by atoms with Crippen LogP contribution in [-0.4, -0.2) is 22.8 Å². The van der Waals surface area contributed by atoms with Crippen molar-refractivity contribution >= 4 is 23.4 Å². The summed E-state index contributed by atoms with van der Waals surface area (Å²) < 4.78 is 5.74. The van der Waals surface area contributed by atoms with Crippen molar-refractivity contribution < 1.29 is 14.3 Å². The topological polar surface area (TPSA) is 80.3 Å². The van der Waals surface area contributed by atoms with Gasteiger partial charge in [0.2, 0.25) is 11.8 Å². The van der Waals surface area contributed by atoms with Crippen LogP contribution in [0, 0.1) is 5.92 Å². The largest absolute Gasteiger partial charge is 0.473 e. The minimum atomic E-state index is -0.672. The Hall–Kier alpha value is -3.38. The lowest BCUT2D eigenvalue weighted by molar-refractivity contribution is -0.124. The lowest BCUT2D eigenvalue weighted by Gasteiger charge is -2.22. The van der Waals surface area contributed by atoms with Crippen LogP contribution in [0.5, 0.6) is 5.88 Å². The van der Waals surface area contributed by atoms with E-state index in [0.717, 1.165) is 11.1 Å². The van der Waals surface area contributed by atoms with Crippen LogP contribution < -0.4 is 15.4 Å². The Morgan fingerprint density at radius 3 is 2.41 bits per heavy atom. The molecule has 1 heterocycles. The van der Waals surface area contributed by atoms with E-state index in [2.05, 4.69) is 15.6 Å². The zero-order valence-corrected chi connectivity index (χ0v) is 18.8. The fourth-order valence-electron chi connectivity index (χ4n) is 3.03. The minimum Gasteiger partial charge on any atom is -0.473 e. The molecule has 3 rings (SSSR count). The number of aromatic nitrogens is 1. The van der Waals surface area contributed by atoms with E-state index in [1.807, 2.05) is 50.2 Å². The molecule has 0 radical (unpaired) electrons. The van der Waals surface area contributed by atoms with Gasteiger partial charge >= 0.3 is 0 Å². The second-order valence-corrected chi connectivity index (χ2v) is 8.13. The number of amides is 2. The predicted octanol–water partition coefficient (Wildman–Crippen LogP) is 4.38. The van der Waals surface area contributed by atoms with Crippen LogP contribution in [0.2, 0.25) is 5.02 Å². The van der Waals surface area contributed by atoms with Crippen molar-refractivity contribution in [1.82, 2.24) is 15.6 Å². The van der Waals surface area contributed by atoms with E-state index in [1.165, 1.54) is 0 Å². The van der Waals surface area contributed by atoms with E-state index in [-0.39, 0.29) is 17.7 Å². The third-order valence-electron chi connectivity index (χ3n) is 4.84. The van der Waals surface area contributed by atoms with Crippen LogP contribution in [0.25, 0.3) is 0 Å². The van der Waals surface area contributed by atoms with Gasteiger partial charge in [0.1, 0.15) is 12.6 Å². The van der Waals surface area contributed by atoms with Crippen LogP contribution in [0.3, 0.4) is 0 Å². The van der Waals surface area contributed by atoms with Gasteiger partial charge in [-0.15, -0.1) is 0 Å². The molecule has 2 N–H and O–H groups in total. The number of pyridine rings is 1. The number of benzene rings is 2. The molecule has 0 spiro atoms. The maximum Gasteiger partial charge on any atom is 0.251 e. The molecule has 3 aromatic rings. The second kappa shape index (κ2) is 11.3. The Kier molecular flexibility index (Phi) is 8.22. The molecule has 2 aromatic carbocycles. The molecule has 1 atom stereocenters. The van der Waals surface area contributed by atoms with Crippen LogP contribution in [0.15, 0.2) is 72.9 Å². The van der Waals surface area contributed by atoms with Gasteiger partial charge in [-0.1, -0.05) is 55.8 Å². The molecule has 0 bridgehead atoms. The van der Waals surface area contributed by atoms with Crippen molar-refractivity contribution in [2.75, 3.05) is 0 Å². The van der Waals surface area contributed by atoms with Crippen LogP contribution >= 0.6 is 11.6 Å². The quantitative estimate of drug-likeness (QED) is 0.505. The summed E-state index contributed by atoms with van der Waals surface area (Å²) in [5.74, 6) is -0.188. The van der Waals surface area contributed by atoms with Crippen molar-refractivity contribution in [3.05, 3.63) is 94.6 Å². The highest BCUT2D eigenvalue weighted by Crippen LogP contribution is 2.13. The molecule has 0 aliphatic carbocycles. The summed E-state index contributed by atoms with van der Waals surface area (Å²) in [6, 6.07) is 19.3. The predicted molar refractivity (Wildman–Crippen MR) is 124 cm³/mol. The highest BCUT2D eigenvalue weighted by Gasteiger charge is 2.24. The summed E-state index contributed by atoms with van der Waals surface area (Å²) in [5, 5.41) is 6.24. The number of carbonyl (C=O) groups excluding carboxylic acids is 2. The normalized spacial score (nSPS) is 11.6. The fraction of sp³-hybridized carbons (Fsp3) is 0.240. The number of nitrogens with one attached hydrogen (secondary N) is 2. The average Bonchev–Trinajstić information content (AvgIpc) is 2.80. The second-order valence-electron chi connectivity index (χ2n) is 7.70. The van der Waals surface area contributed by atoms with Crippen molar-refractivity contribution in [3.8, 4) is 5.88 Å². The van der Waals surface area contributed by atoms with Crippen molar-refractivity contribution in [2.45, 2.75) is 33.0 Å². The van der Waals surface area contributed by atoms with Gasteiger partial charge in [0, 0.05) is 29.4 Å². The molecule has 0 aliphatic rings. The van der Waals surface area contributed by atoms with Gasteiger partial charge in [0.25, 0.3) is 5.91 Å². The molecule has 1 aromatic heterocycles. The van der Waals surface area contributed by atoms with Crippen molar-refractivity contribution in [2.24, 2.45) is 5.92 Å². The number of nitrogens with zero attached hydrogens (tertiary/aromatic N) is 1. The minimum absolute atomic E-state index is 0.0894. The maximum atomic E-state index is 12.8. The van der Waals surface area contributed by atoms with Gasteiger partial charge < -0.3 is 15.4 Å². The Balaban J connectivity index is 1.56. The van der Waals surface area contributed by atoms with Gasteiger partial charge in [-0.3, -0.25) is 9.59 Å². The molecule has 0 fully saturated rings. The Morgan fingerprint density at radius 2 is 1.72 bits per heavy atom. The molecular formula is C25H26ClN3O3. The number of halogens is 1. The lowest BCUT2D eigenvalue weighted by atomic mass is 10.0. The molecule has 32 heavy (non-hydrogen) atoms. The number of hydrogen-bond acceptors (Lipinski definition) is 4. The molecule has 0 aliphatic heterocycles. The fourth-order valence-corrected chi connectivity index (χ4v) is 3.16. The van der Waals surface area contributed by atoms with Crippen LogP contribution in [-0.2, 0) is 17.9 Å². The van der Waals surface area contributed by atoms with Gasteiger partial charge in [-0.2, -0.15) is 0 Å². The first-order chi connectivity index (χ1) is 15.4. The molecule has 0 saturated carbocycles. The van der Waals surface area contributed by atoms with E-state index in [9.17, 15) is 9.59 Å². The van der Waals surface area contributed by atoms with E-state index < -0.39 is 6.04 Å². The summed E-state index contributed by atoms with van der Waals surface area (Å²) in [6.07, 6.45) is 1.64. The van der Waals surface area contributed by atoms with E-state index in [4.69, 9.17) is 16.3 Å². The average molecular weight is 452 g/mol. The van der Waals surface area contributed by atoms with Gasteiger partial charge in [0.15, 0.2) is 0 Å². The summed E-state index contributed by atoms with van der Waals surface area (Å²) in [4.78, 5) is 29.5. The summed E-state index contributed by atoms with van der Waals surface area (Å²) in [6.45, 7) is 4.47. The molecule has 0 saturated heterocycles. The van der Waals surface area contributed by atoms with Gasteiger partial charge in [0.05, 0.1) is 0 Å². The summed E-state index contributed by atoms with van der Waals surface area (Å²) in [7, 11) is 0. The number of ether oxygens (including phenoxy) is 1. The van der Waals surface area contributed by atoms with Crippen molar-refractivity contribution in [3.63, 3.8) is 0 Å². The first-order valence-corrected chi connectivity index (χ1v) is 10.8. The van der Waals surface area contributed by atoms with E-state index in [0.29, 0.717) is 29.6 Å². The molecule has 6 nitrogen and oxygen atoms in total. The molecule has 7 heteroatoms. The molecular weight excluding hydrogens is 426 g/mol. The monoisotopic (exact) mass is 451 g/mol. The Bertz CT molecular complexity index is 1040. The highest BCUT2D eigenvalue weighted by atomic mass is 35.5. The SMILES string of the molecule is CC(C)C(NC(=O)c1ccc(Cl)cc1)C(=O)NCc1ccnc(OCc2ccccc2)c1. The number of carbonyl (C=O) groups is 2. The Labute approximate surface area is 193 Å². The van der Waals surface area contributed by atoms with Crippen LogP contribution in [0.1, 0.15) is 35.3 Å². The van der Waals surface area contributed by atoms with E-state index >= 15 is 0 Å². The van der Waals surface area contributed by atoms with E-state index in [1.54, 1.807) is 36.5 Å². The maximum absolute atomic E-state index is 12.8. The highest BCUT2D eigenvalue weighted by molar-refractivity contribution is 6.30. The summed E-state index contributed by atoms with van der Waals surface area (Å²) in [5.41, 5.74) is 2.34.